The number of aryl methyl sites for hydroxylation is 2. The van der Waals surface area contributed by atoms with Crippen LogP contribution in [0.25, 0.3) is 0 Å². The molecule has 8 rings (SSSR count). The molecule has 2 aliphatic carbocycles. The molecule has 2 aromatic carbocycles. The van der Waals surface area contributed by atoms with E-state index in [4.69, 9.17) is 14.2 Å². The number of methoxy groups -OCH3 is 1. The quantitative estimate of drug-likeness (QED) is 0.204. The van der Waals surface area contributed by atoms with Crippen LogP contribution in [-0.4, -0.2) is 112 Å². The molecule has 5 amide bonds. The maximum absolute atomic E-state index is 13.5. The summed E-state index contributed by atoms with van der Waals surface area (Å²) in [6, 6.07) is 8.54. The summed E-state index contributed by atoms with van der Waals surface area (Å²) in [5.41, 5.74) is 2.23. The highest BCUT2D eigenvalue weighted by atomic mass is 16.5. The summed E-state index contributed by atoms with van der Waals surface area (Å²) >= 11 is 0. The van der Waals surface area contributed by atoms with Crippen LogP contribution in [-0.2, 0) is 9.59 Å². The van der Waals surface area contributed by atoms with E-state index in [0.29, 0.717) is 35.1 Å². The molecular weight excluding hydrogens is 829 g/mol. The van der Waals surface area contributed by atoms with E-state index in [1.807, 2.05) is 26.0 Å². The number of carbonyl (C=O) groups excluding carboxylic acids is 5. The van der Waals surface area contributed by atoms with Crippen molar-refractivity contribution < 1.29 is 38.2 Å². The molecule has 3 aliphatic heterocycles. The van der Waals surface area contributed by atoms with Gasteiger partial charge >= 0.3 is 0 Å². The molecule has 0 radical (unpaired) electrons. The summed E-state index contributed by atoms with van der Waals surface area (Å²) in [6.07, 6.45) is 6.68. The maximum Gasteiger partial charge on any atom is 0.271 e. The maximum atomic E-state index is 13.5. The number of nitrogens with one attached hydrogen (secondary N) is 2. The number of hydrogen-bond donors (Lipinski definition) is 2. The highest BCUT2D eigenvalue weighted by Crippen LogP contribution is 2.55. The molecule has 0 bridgehead atoms. The first-order valence-electron chi connectivity index (χ1n) is 22.7. The summed E-state index contributed by atoms with van der Waals surface area (Å²) in [5.74, 6) is 0.133. The van der Waals surface area contributed by atoms with Crippen molar-refractivity contribution in [3.63, 3.8) is 0 Å². The van der Waals surface area contributed by atoms with Crippen LogP contribution in [0.4, 0.5) is 5.82 Å². The number of nitriles is 1. The van der Waals surface area contributed by atoms with E-state index in [1.165, 1.54) is 13.2 Å². The molecule has 16 heteroatoms. The normalized spacial score (nSPS) is 24.8. The van der Waals surface area contributed by atoms with E-state index in [0.717, 1.165) is 72.9 Å². The highest BCUT2D eigenvalue weighted by molar-refractivity contribution is 6.23. The third kappa shape index (κ3) is 8.39. The van der Waals surface area contributed by atoms with Crippen molar-refractivity contribution in [3.8, 4) is 23.3 Å². The summed E-state index contributed by atoms with van der Waals surface area (Å²) in [5, 5.41) is 14.9. The van der Waals surface area contributed by atoms with E-state index in [1.54, 1.807) is 18.5 Å². The zero-order valence-corrected chi connectivity index (χ0v) is 38.8. The number of aromatic nitrogens is 2. The third-order valence-corrected chi connectivity index (χ3v) is 14.5. The topological polar surface area (TPSA) is 196 Å². The molecule has 0 unspecified atom stereocenters. The van der Waals surface area contributed by atoms with Crippen LogP contribution in [0, 0.1) is 41.9 Å². The van der Waals surface area contributed by atoms with Gasteiger partial charge in [-0.3, -0.25) is 39.1 Å². The Balaban J connectivity index is 0.814. The average molecular weight is 889 g/mol. The SMILES string of the molecule is COc1cc2c(cc1OC1CC(N(CC3CCN(c4cnc(C(=O)NC5C(C)(C)C(Oc6cc(C)c(C#N)c(C)c6)C5(C)C)cn4)CC3)C(C)C)C1)C(=O)N([C@@H]1CCC(=O)NC1=O)C2=O. The molecule has 2 saturated heterocycles. The van der Waals surface area contributed by atoms with Crippen molar-refractivity contribution in [2.75, 3.05) is 31.6 Å². The van der Waals surface area contributed by atoms with Gasteiger partial charge in [-0.2, -0.15) is 5.26 Å². The Hall–Kier alpha value is -6.08. The van der Waals surface area contributed by atoms with Crippen molar-refractivity contribution >= 4 is 35.4 Å². The molecule has 1 aromatic heterocycles. The number of benzene rings is 2. The summed E-state index contributed by atoms with van der Waals surface area (Å²) in [7, 11) is 1.48. The Labute approximate surface area is 380 Å². The molecular formula is C49H60N8O8. The molecule has 2 N–H and O–H groups in total. The summed E-state index contributed by atoms with van der Waals surface area (Å²) in [4.78, 5) is 79.5. The van der Waals surface area contributed by atoms with Gasteiger partial charge in [0.05, 0.1) is 42.3 Å². The van der Waals surface area contributed by atoms with Gasteiger partial charge in [-0.05, 0) is 88.3 Å². The Morgan fingerprint density at radius 3 is 2.11 bits per heavy atom. The molecule has 4 heterocycles. The molecule has 4 fully saturated rings. The van der Waals surface area contributed by atoms with Crippen molar-refractivity contribution in [1.82, 2.24) is 30.4 Å². The minimum Gasteiger partial charge on any atom is -0.493 e. The van der Waals surface area contributed by atoms with Crippen molar-refractivity contribution in [3.05, 3.63) is 70.2 Å². The van der Waals surface area contributed by atoms with Gasteiger partial charge in [0.15, 0.2) is 11.5 Å². The van der Waals surface area contributed by atoms with E-state index in [2.05, 4.69) is 78.0 Å². The van der Waals surface area contributed by atoms with Crippen LogP contribution >= 0.6 is 0 Å². The number of carbonyl (C=O) groups is 5. The minimum atomic E-state index is -1.05. The second-order valence-electron chi connectivity index (χ2n) is 19.9. The lowest BCUT2D eigenvalue weighted by Crippen LogP contribution is -2.74. The number of nitrogens with zero attached hydrogens (tertiary/aromatic N) is 6. The van der Waals surface area contributed by atoms with Crippen LogP contribution in [0.1, 0.15) is 128 Å². The van der Waals surface area contributed by atoms with Gasteiger partial charge in [0.1, 0.15) is 35.5 Å². The van der Waals surface area contributed by atoms with Crippen LogP contribution in [0.2, 0.25) is 0 Å². The Morgan fingerprint density at radius 1 is 0.923 bits per heavy atom. The fourth-order valence-corrected chi connectivity index (χ4v) is 11.1. The van der Waals surface area contributed by atoms with Gasteiger partial charge < -0.3 is 24.4 Å². The van der Waals surface area contributed by atoms with E-state index < -0.39 is 29.7 Å². The van der Waals surface area contributed by atoms with Crippen LogP contribution in [0.15, 0.2) is 36.7 Å². The van der Waals surface area contributed by atoms with Gasteiger partial charge in [0, 0.05) is 67.9 Å². The fraction of sp³-hybridized carbons (Fsp3) is 0.551. The van der Waals surface area contributed by atoms with Gasteiger partial charge in [-0.25, -0.2) is 9.97 Å². The third-order valence-electron chi connectivity index (χ3n) is 14.5. The zero-order chi connectivity index (χ0) is 46.7. The number of amides is 5. The number of hydrogen-bond acceptors (Lipinski definition) is 13. The lowest BCUT2D eigenvalue weighted by molar-refractivity contribution is -0.164. The van der Waals surface area contributed by atoms with Crippen LogP contribution < -0.4 is 29.7 Å². The predicted octanol–water partition coefficient (Wildman–Crippen LogP) is 5.52. The number of piperidine rings is 2. The Morgan fingerprint density at radius 2 is 1.55 bits per heavy atom. The van der Waals surface area contributed by atoms with Crippen molar-refractivity contribution in [2.45, 2.75) is 130 Å². The lowest BCUT2D eigenvalue weighted by Gasteiger charge is -2.63. The number of anilines is 1. The van der Waals surface area contributed by atoms with Gasteiger partial charge in [0.25, 0.3) is 17.7 Å². The van der Waals surface area contributed by atoms with E-state index in [-0.39, 0.29) is 64.6 Å². The molecule has 65 heavy (non-hydrogen) atoms. The first-order valence-corrected chi connectivity index (χ1v) is 22.7. The first-order chi connectivity index (χ1) is 30.8. The fourth-order valence-electron chi connectivity index (χ4n) is 11.1. The molecule has 0 spiro atoms. The second-order valence-corrected chi connectivity index (χ2v) is 19.9. The molecule has 2 saturated carbocycles. The lowest BCUT2D eigenvalue weighted by atomic mass is 9.49. The predicted molar refractivity (Wildman–Crippen MR) is 240 cm³/mol. The Bertz CT molecular complexity index is 2410. The number of ether oxygens (including phenoxy) is 3. The van der Waals surface area contributed by atoms with Crippen molar-refractivity contribution in [2.24, 2.45) is 16.7 Å². The molecule has 3 aromatic rings. The van der Waals surface area contributed by atoms with Crippen LogP contribution in [0.5, 0.6) is 17.2 Å². The van der Waals surface area contributed by atoms with Gasteiger partial charge in [-0.15, -0.1) is 0 Å². The van der Waals surface area contributed by atoms with E-state index >= 15 is 0 Å². The van der Waals surface area contributed by atoms with Gasteiger partial charge in [0.2, 0.25) is 11.8 Å². The number of imide groups is 2. The molecule has 344 valence electrons. The summed E-state index contributed by atoms with van der Waals surface area (Å²) < 4.78 is 18.5. The molecule has 5 aliphatic rings. The number of rotatable bonds is 13. The van der Waals surface area contributed by atoms with E-state index in [9.17, 15) is 29.2 Å². The summed E-state index contributed by atoms with van der Waals surface area (Å²) in [6.45, 7) is 19.3. The molecule has 16 nitrogen and oxygen atoms in total. The van der Waals surface area contributed by atoms with Crippen LogP contribution in [0.3, 0.4) is 0 Å². The minimum absolute atomic E-state index is 0.0467. The molecule has 1 atom stereocenters. The number of fused-ring (bicyclic) bond motifs is 1. The second kappa shape index (κ2) is 17.4. The zero-order valence-electron chi connectivity index (χ0n) is 38.8. The average Bonchev–Trinajstić information content (AvgIpc) is 3.48. The van der Waals surface area contributed by atoms with Gasteiger partial charge in [-0.1, -0.05) is 27.7 Å². The first kappa shape index (κ1) is 45.5. The monoisotopic (exact) mass is 888 g/mol. The Kier molecular flexibility index (Phi) is 12.2. The largest absolute Gasteiger partial charge is 0.493 e. The van der Waals surface area contributed by atoms with Crippen molar-refractivity contribution in [1.29, 1.82) is 5.26 Å². The smallest absolute Gasteiger partial charge is 0.271 e. The highest BCUT2D eigenvalue weighted by Gasteiger charge is 2.64. The standard InChI is InChI=1S/C49H60N8O8/c1-26(2)56(30-18-32(19-30)64-39-21-34-33(20-38(39)63-9)44(61)57(45(34)62)37-10-11-41(58)53-43(37)60)25-29-12-14-55(15-13-29)40-24-51-36(23-52-40)42(59)54-46-48(5,6)47(49(46,7)8)65-31-16-27(3)35(22-50)28(4)17-31/h16-17,20-21,23-24,26,29-30,32,37,46-47H,10-15,18-19,25H2,1-9H3,(H,54,59)(H,53,58,60)/t30?,32?,37-,46?,47?/m1/s1.